The molecule has 1 nitrogen and oxygen atoms in total. The standard InChI is InChI=1S/C9H21N/c1-5-8(3)9(6-2)7-10-4/h8-10H,5-7H2,1-4H3. The highest BCUT2D eigenvalue weighted by molar-refractivity contribution is 4.64. The normalized spacial score (nSPS) is 16.8. The summed E-state index contributed by atoms with van der Waals surface area (Å²) in [5.41, 5.74) is 0. The smallest absolute Gasteiger partial charge is 0.00211 e. The van der Waals surface area contributed by atoms with Gasteiger partial charge in [-0.15, -0.1) is 0 Å². The van der Waals surface area contributed by atoms with Crippen LogP contribution in [0.25, 0.3) is 0 Å². The first-order valence-electron chi connectivity index (χ1n) is 4.40. The molecule has 0 bridgehead atoms. The Balaban J connectivity index is 3.56. The van der Waals surface area contributed by atoms with Gasteiger partial charge in [0.05, 0.1) is 0 Å². The van der Waals surface area contributed by atoms with Gasteiger partial charge in [-0.2, -0.15) is 0 Å². The Bertz CT molecular complexity index is 71.1. The second-order valence-electron chi connectivity index (χ2n) is 3.11. The van der Waals surface area contributed by atoms with Gasteiger partial charge in [0.15, 0.2) is 0 Å². The van der Waals surface area contributed by atoms with Gasteiger partial charge in [0.1, 0.15) is 0 Å². The van der Waals surface area contributed by atoms with Gasteiger partial charge in [0.2, 0.25) is 0 Å². The van der Waals surface area contributed by atoms with E-state index in [1.807, 2.05) is 7.05 Å². The van der Waals surface area contributed by atoms with Crippen LogP contribution in [0.3, 0.4) is 0 Å². The largest absolute Gasteiger partial charge is 0.319 e. The molecule has 0 radical (unpaired) electrons. The topological polar surface area (TPSA) is 12.0 Å². The summed E-state index contributed by atoms with van der Waals surface area (Å²) in [5.74, 6) is 1.74. The van der Waals surface area contributed by atoms with Gasteiger partial charge in [0, 0.05) is 0 Å². The molecule has 0 aliphatic carbocycles. The van der Waals surface area contributed by atoms with E-state index in [1.54, 1.807) is 0 Å². The van der Waals surface area contributed by atoms with Gasteiger partial charge in [-0.3, -0.25) is 0 Å². The van der Waals surface area contributed by atoms with E-state index in [1.165, 1.54) is 19.4 Å². The molecule has 0 aliphatic heterocycles. The molecular weight excluding hydrogens is 122 g/mol. The van der Waals surface area contributed by atoms with Crippen molar-refractivity contribution in [1.29, 1.82) is 0 Å². The first-order chi connectivity index (χ1) is 4.76. The van der Waals surface area contributed by atoms with Crippen LogP contribution < -0.4 is 5.32 Å². The molecule has 0 aliphatic rings. The van der Waals surface area contributed by atoms with E-state index in [9.17, 15) is 0 Å². The number of hydrogen-bond donors (Lipinski definition) is 1. The van der Waals surface area contributed by atoms with E-state index in [-0.39, 0.29) is 0 Å². The van der Waals surface area contributed by atoms with Crippen molar-refractivity contribution in [1.82, 2.24) is 5.32 Å². The quantitative estimate of drug-likeness (QED) is 0.622. The third-order valence-electron chi connectivity index (χ3n) is 2.44. The second kappa shape index (κ2) is 5.72. The first kappa shape index (κ1) is 9.96. The molecule has 0 heterocycles. The second-order valence-corrected chi connectivity index (χ2v) is 3.11. The summed E-state index contributed by atoms with van der Waals surface area (Å²) in [6, 6.07) is 0. The van der Waals surface area contributed by atoms with E-state index < -0.39 is 0 Å². The predicted molar refractivity (Wildman–Crippen MR) is 47.2 cm³/mol. The summed E-state index contributed by atoms with van der Waals surface area (Å²) in [4.78, 5) is 0. The van der Waals surface area contributed by atoms with Crippen LogP contribution in [0.1, 0.15) is 33.6 Å². The molecule has 0 aromatic rings. The lowest BCUT2D eigenvalue weighted by Gasteiger charge is -2.20. The lowest BCUT2D eigenvalue weighted by Crippen LogP contribution is -2.23. The van der Waals surface area contributed by atoms with Crippen LogP contribution in [-0.2, 0) is 0 Å². The van der Waals surface area contributed by atoms with Crippen molar-refractivity contribution in [2.75, 3.05) is 13.6 Å². The van der Waals surface area contributed by atoms with Gasteiger partial charge in [0.25, 0.3) is 0 Å². The third-order valence-corrected chi connectivity index (χ3v) is 2.44. The Morgan fingerprint density at radius 1 is 1.20 bits per heavy atom. The summed E-state index contributed by atoms with van der Waals surface area (Å²) >= 11 is 0. The Hall–Kier alpha value is -0.0400. The average Bonchev–Trinajstić information content (AvgIpc) is 1.99. The molecule has 0 aromatic heterocycles. The SMILES string of the molecule is CCC(C)C(CC)CNC. The minimum Gasteiger partial charge on any atom is -0.319 e. The molecule has 0 spiro atoms. The summed E-state index contributed by atoms with van der Waals surface area (Å²) in [6.07, 6.45) is 2.61. The molecule has 0 aromatic carbocycles. The molecule has 0 rings (SSSR count). The average molecular weight is 143 g/mol. The molecule has 0 amide bonds. The van der Waals surface area contributed by atoms with Gasteiger partial charge >= 0.3 is 0 Å². The molecular formula is C9H21N. The van der Waals surface area contributed by atoms with Crippen LogP contribution >= 0.6 is 0 Å². The first-order valence-corrected chi connectivity index (χ1v) is 4.40. The molecule has 0 saturated heterocycles. The number of nitrogens with one attached hydrogen (secondary N) is 1. The Morgan fingerprint density at radius 2 is 1.80 bits per heavy atom. The third kappa shape index (κ3) is 3.21. The monoisotopic (exact) mass is 143 g/mol. The highest BCUT2D eigenvalue weighted by Gasteiger charge is 2.11. The summed E-state index contributed by atoms with van der Waals surface area (Å²) in [5, 5.41) is 3.23. The maximum absolute atomic E-state index is 3.23. The molecule has 2 unspecified atom stereocenters. The molecule has 10 heavy (non-hydrogen) atoms. The fraction of sp³-hybridized carbons (Fsp3) is 1.00. The van der Waals surface area contributed by atoms with Gasteiger partial charge < -0.3 is 5.32 Å². The van der Waals surface area contributed by atoms with Crippen LogP contribution in [0, 0.1) is 11.8 Å². The van der Waals surface area contributed by atoms with E-state index in [2.05, 4.69) is 26.1 Å². The number of hydrogen-bond acceptors (Lipinski definition) is 1. The number of rotatable bonds is 5. The van der Waals surface area contributed by atoms with Crippen LogP contribution in [0.2, 0.25) is 0 Å². The minimum atomic E-state index is 0.870. The van der Waals surface area contributed by atoms with Crippen molar-refractivity contribution in [3.8, 4) is 0 Å². The van der Waals surface area contributed by atoms with Crippen molar-refractivity contribution in [3.63, 3.8) is 0 Å². The van der Waals surface area contributed by atoms with Crippen molar-refractivity contribution in [2.45, 2.75) is 33.6 Å². The highest BCUT2D eigenvalue weighted by Crippen LogP contribution is 2.17. The molecule has 1 N–H and O–H groups in total. The van der Waals surface area contributed by atoms with E-state index in [0.717, 1.165) is 11.8 Å². The lowest BCUT2D eigenvalue weighted by molar-refractivity contribution is 0.330. The fourth-order valence-electron chi connectivity index (χ4n) is 1.34. The van der Waals surface area contributed by atoms with Gasteiger partial charge in [-0.25, -0.2) is 0 Å². The Morgan fingerprint density at radius 3 is 2.10 bits per heavy atom. The zero-order valence-corrected chi connectivity index (χ0v) is 7.78. The van der Waals surface area contributed by atoms with Crippen molar-refractivity contribution in [3.05, 3.63) is 0 Å². The van der Waals surface area contributed by atoms with Gasteiger partial charge in [-0.1, -0.05) is 33.6 Å². The summed E-state index contributed by atoms with van der Waals surface area (Å²) < 4.78 is 0. The minimum absolute atomic E-state index is 0.870. The van der Waals surface area contributed by atoms with E-state index >= 15 is 0 Å². The summed E-state index contributed by atoms with van der Waals surface area (Å²) in [7, 11) is 2.03. The van der Waals surface area contributed by atoms with Crippen molar-refractivity contribution >= 4 is 0 Å². The van der Waals surface area contributed by atoms with E-state index in [0.29, 0.717) is 0 Å². The van der Waals surface area contributed by atoms with Crippen LogP contribution in [0.4, 0.5) is 0 Å². The zero-order chi connectivity index (χ0) is 7.98. The highest BCUT2D eigenvalue weighted by atomic mass is 14.8. The van der Waals surface area contributed by atoms with E-state index in [4.69, 9.17) is 0 Å². The van der Waals surface area contributed by atoms with Crippen molar-refractivity contribution in [2.24, 2.45) is 11.8 Å². The molecule has 0 saturated carbocycles. The molecule has 2 atom stereocenters. The maximum Gasteiger partial charge on any atom is -0.00211 e. The molecule has 62 valence electrons. The maximum atomic E-state index is 3.23. The molecule has 0 fully saturated rings. The van der Waals surface area contributed by atoms with Crippen molar-refractivity contribution < 1.29 is 0 Å². The summed E-state index contributed by atoms with van der Waals surface area (Å²) in [6.45, 7) is 8.05. The molecule has 1 heteroatoms. The Labute approximate surface area is 65.2 Å². The van der Waals surface area contributed by atoms with Crippen LogP contribution in [-0.4, -0.2) is 13.6 Å². The fourth-order valence-corrected chi connectivity index (χ4v) is 1.34. The Kier molecular flexibility index (Phi) is 5.70. The van der Waals surface area contributed by atoms with Gasteiger partial charge in [-0.05, 0) is 25.4 Å². The van der Waals surface area contributed by atoms with Crippen LogP contribution in [0.15, 0.2) is 0 Å². The predicted octanol–water partition coefficient (Wildman–Crippen LogP) is 2.28. The van der Waals surface area contributed by atoms with Crippen LogP contribution in [0.5, 0.6) is 0 Å². The lowest BCUT2D eigenvalue weighted by atomic mass is 9.90. The zero-order valence-electron chi connectivity index (χ0n) is 7.78.